The highest BCUT2D eigenvalue weighted by Crippen LogP contribution is 2.30. The first kappa shape index (κ1) is 24.2. The lowest BCUT2D eigenvalue weighted by atomic mass is 10.0. The molecule has 0 atom stereocenters. The number of nitrogen functional groups attached to an aromatic ring is 1. The van der Waals surface area contributed by atoms with E-state index < -0.39 is 0 Å². The summed E-state index contributed by atoms with van der Waals surface area (Å²) in [7, 11) is 1.65. The summed E-state index contributed by atoms with van der Waals surface area (Å²) in [5.41, 5.74) is 12.8. The molecule has 174 valence electrons. The summed E-state index contributed by atoms with van der Waals surface area (Å²) in [6, 6.07) is 19.7. The quantitative estimate of drug-likeness (QED) is 0.376. The van der Waals surface area contributed by atoms with Gasteiger partial charge in [0.2, 0.25) is 0 Å². The predicted octanol–water partition coefficient (Wildman–Crippen LogP) is 6.76. The van der Waals surface area contributed by atoms with Gasteiger partial charge in [0.1, 0.15) is 5.75 Å². The van der Waals surface area contributed by atoms with Crippen LogP contribution in [0.4, 0.5) is 21.9 Å². The van der Waals surface area contributed by atoms with E-state index in [1.807, 2.05) is 48.5 Å². The zero-order valence-corrected chi connectivity index (χ0v) is 20.3. The Hall–Kier alpha value is -3.47. The Morgan fingerprint density at radius 2 is 1.67 bits per heavy atom. The van der Waals surface area contributed by atoms with Gasteiger partial charge < -0.3 is 15.8 Å². The zero-order chi connectivity index (χ0) is 24.0. The van der Waals surface area contributed by atoms with Crippen LogP contribution < -0.4 is 20.7 Å². The number of nitrogens with two attached hydrogens (primary N) is 1. The van der Waals surface area contributed by atoms with Gasteiger partial charge in [-0.1, -0.05) is 64.1 Å². The third-order valence-corrected chi connectivity index (χ3v) is 6.04. The van der Waals surface area contributed by atoms with Crippen LogP contribution in [0.2, 0.25) is 0 Å². The number of nitrogens with zero attached hydrogens (tertiary/aromatic N) is 1. The molecule has 3 aromatic rings. The molecule has 0 heterocycles. The summed E-state index contributed by atoms with van der Waals surface area (Å²) in [5.74, 6) is 1.17. The third-order valence-electron chi connectivity index (χ3n) is 6.04. The Balaban J connectivity index is 2.02. The van der Waals surface area contributed by atoms with Crippen LogP contribution in [0.5, 0.6) is 5.75 Å². The summed E-state index contributed by atoms with van der Waals surface area (Å²) in [6.45, 7) is 8.83. The van der Waals surface area contributed by atoms with E-state index in [1.54, 1.807) is 12.0 Å². The molecule has 33 heavy (non-hydrogen) atoms. The molecule has 0 spiro atoms. The Morgan fingerprint density at radius 3 is 2.27 bits per heavy atom. The van der Waals surface area contributed by atoms with Gasteiger partial charge in [0, 0.05) is 16.9 Å². The number of nitrogens with one attached hydrogen (secondary N) is 1. The van der Waals surface area contributed by atoms with Crippen LogP contribution in [0.1, 0.15) is 55.9 Å². The smallest absolute Gasteiger partial charge is 0.326 e. The highest BCUT2D eigenvalue weighted by molar-refractivity contribution is 6.03. The minimum Gasteiger partial charge on any atom is -0.496 e. The molecule has 0 fully saturated rings. The number of carbonyl (C=O) groups excluding carboxylic acids is 1. The molecule has 0 radical (unpaired) electrons. The molecule has 5 heteroatoms. The van der Waals surface area contributed by atoms with Crippen molar-refractivity contribution >= 4 is 23.1 Å². The molecule has 5 nitrogen and oxygen atoms in total. The number of urea groups is 1. The fourth-order valence-electron chi connectivity index (χ4n) is 4.04. The number of hydrogen-bond acceptors (Lipinski definition) is 3. The van der Waals surface area contributed by atoms with E-state index in [4.69, 9.17) is 10.5 Å². The van der Waals surface area contributed by atoms with E-state index in [0.717, 1.165) is 46.7 Å². The van der Waals surface area contributed by atoms with Gasteiger partial charge in [-0.2, -0.15) is 0 Å². The van der Waals surface area contributed by atoms with Crippen molar-refractivity contribution in [2.45, 2.75) is 53.0 Å². The number of carbonyl (C=O) groups is 1. The van der Waals surface area contributed by atoms with E-state index >= 15 is 0 Å². The molecule has 0 aliphatic carbocycles. The first-order valence-corrected chi connectivity index (χ1v) is 11.6. The van der Waals surface area contributed by atoms with Crippen molar-refractivity contribution in [2.24, 2.45) is 0 Å². The van der Waals surface area contributed by atoms with Gasteiger partial charge in [-0.15, -0.1) is 0 Å². The average molecular weight is 446 g/mol. The fourth-order valence-corrected chi connectivity index (χ4v) is 4.04. The van der Waals surface area contributed by atoms with Gasteiger partial charge in [0.15, 0.2) is 0 Å². The second-order valence-electron chi connectivity index (χ2n) is 8.45. The number of rotatable bonds is 8. The molecule has 0 aliphatic heterocycles. The van der Waals surface area contributed by atoms with E-state index in [-0.39, 0.29) is 6.03 Å². The number of para-hydroxylation sites is 1. The Morgan fingerprint density at radius 1 is 0.970 bits per heavy atom. The topological polar surface area (TPSA) is 67.6 Å². The number of amides is 2. The number of anilines is 3. The number of hydrogen-bond donors (Lipinski definition) is 2. The Labute approximate surface area is 197 Å². The van der Waals surface area contributed by atoms with Crippen LogP contribution in [-0.4, -0.2) is 13.1 Å². The van der Waals surface area contributed by atoms with Gasteiger partial charge in [0.05, 0.1) is 19.3 Å². The number of aryl methyl sites for hydroxylation is 1. The highest BCUT2D eigenvalue weighted by atomic mass is 16.5. The van der Waals surface area contributed by atoms with Crippen molar-refractivity contribution in [1.29, 1.82) is 0 Å². The van der Waals surface area contributed by atoms with Crippen molar-refractivity contribution in [3.63, 3.8) is 0 Å². The normalized spacial score (nSPS) is 10.8. The van der Waals surface area contributed by atoms with Crippen molar-refractivity contribution in [1.82, 2.24) is 0 Å². The minimum atomic E-state index is -0.201. The van der Waals surface area contributed by atoms with Crippen LogP contribution >= 0.6 is 0 Å². The zero-order valence-electron chi connectivity index (χ0n) is 20.3. The Bertz CT molecular complexity index is 1090. The van der Waals surface area contributed by atoms with Crippen LogP contribution in [0, 0.1) is 0 Å². The molecular weight excluding hydrogens is 410 g/mol. The molecule has 0 aromatic heterocycles. The number of benzene rings is 3. The largest absolute Gasteiger partial charge is 0.496 e. The van der Waals surface area contributed by atoms with E-state index in [2.05, 4.69) is 45.1 Å². The van der Waals surface area contributed by atoms with Gasteiger partial charge in [-0.25, -0.2) is 4.79 Å². The van der Waals surface area contributed by atoms with Crippen molar-refractivity contribution < 1.29 is 9.53 Å². The van der Waals surface area contributed by atoms with Crippen LogP contribution in [0.25, 0.3) is 0 Å². The van der Waals surface area contributed by atoms with Crippen LogP contribution in [-0.2, 0) is 19.4 Å². The molecule has 0 saturated heterocycles. The first-order chi connectivity index (χ1) is 15.9. The standard InChI is InChI=1S/C28H35N3O2/c1-6-20-14-17-25(29)24(7-2)27(20)30-28(32)31(18-22-10-8-9-11-26(22)33-5)23-15-12-21(13-16-23)19(3)4/h8-17,19H,6-7,18,29H2,1-5H3,(H,30,32). The Kier molecular flexibility index (Phi) is 7.99. The van der Waals surface area contributed by atoms with Gasteiger partial charge in [0.25, 0.3) is 0 Å². The molecular formula is C28H35N3O2. The second-order valence-corrected chi connectivity index (χ2v) is 8.45. The molecule has 0 bridgehead atoms. The maximum atomic E-state index is 13.7. The second kappa shape index (κ2) is 10.9. The van der Waals surface area contributed by atoms with Gasteiger partial charge in [-0.05, 0) is 59.7 Å². The summed E-state index contributed by atoms with van der Waals surface area (Å²) in [6.07, 6.45) is 1.55. The maximum Gasteiger partial charge on any atom is 0.326 e. The monoisotopic (exact) mass is 445 g/mol. The average Bonchev–Trinajstić information content (AvgIpc) is 2.83. The summed E-state index contributed by atoms with van der Waals surface area (Å²) < 4.78 is 5.54. The lowest BCUT2D eigenvalue weighted by Crippen LogP contribution is -2.35. The molecule has 0 aliphatic rings. The predicted molar refractivity (Wildman–Crippen MR) is 138 cm³/mol. The number of methoxy groups -OCH3 is 1. The van der Waals surface area contributed by atoms with Crippen molar-refractivity contribution in [3.05, 3.63) is 82.9 Å². The highest BCUT2D eigenvalue weighted by Gasteiger charge is 2.21. The fraction of sp³-hybridized carbons (Fsp3) is 0.321. The van der Waals surface area contributed by atoms with E-state index in [0.29, 0.717) is 18.2 Å². The lowest BCUT2D eigenvalue weighted by Gasteiger charge is -2.26. The maximum absolute atomic E-state index is 13.7. The first-order valence-electron chi connectivity index (χ1n) is 11.6. The lowest BCUT2D eigenvalue weighted by molar-refractivity contribution is 0.256. The molecule has 0 saturated carbocycles. The summed E-state index contributed by atoms with van der Waals surface area (Å²) >= 11 is 0. The summed E-state index contributed by atoms with van der Waals surface area (Å²) in [4.78, 5) is 15.5. The van der Waals surface area contributed by atoms with E-state index in [1.165, 1.54) is 5.56 Å². The molecule has 3 rings (SSSR count). The van der Waals surface area contributed by atoms with Crippen molar-refractivity contribution in [3.8, 4) is 5.75 Å². The van der Waals surface area contributed by atoms with E-state index in [9.17, 15) is 4.79 Å². The summed E-state index contributed by atoms with van der Waals surface area (Å²) in [5, 5.41) is 3.18. The molecule has 0 unspecified atom stereocenters. The van der Waals surface area contributed by atoms with Crippen LogP contribution in [0.3, 0.4) is 0 Å². The van der Waals surface area contributed by atoms with Gasteiger partial charge in [-0.3, -0.25) is 4.90 Å². The number of ether oxygens (including phenoxy) is 1. The van der Waals surface area contributed by atoms with Gasteiger partial charge >= 0.3 is 6.03 Å². The molecule has 3 aromatic carbocycles. The minimum absolute atomic E-state index is 0.201. The third kappa shape index (κ3) is 5.48. The van der Waals surface area contributed by atoms with Crippen LogP contribution in [0.15, 0.2) is 60.7 Å². The SMILES string of the molecule is CCc1ccc(N)c(CC)c1NC(=O)N(Cc1ccccc1OC)c1ccc(C(C)C)cc1. The molecule has 2 amide bonds. The van der Waals surface area contributed by atoms with Crippen molar-refractivity contribution in [2.75, 3.05) is 23.1 Å². The molecule has 3 N–H and O–H groups in total.